The highest BCUT2D eigenvalue weighted by Gasteiger charge is 2.35. The van der Waals surface area contributed by atoms with Crippen LogP contribution in [0, 0.1) is 5.82 Å². The number of aliphatic carboxylic acids is 1. The molecule has 0 spiro atoms. The molecule has 3 heterocycles. The maximum atomic E-state index is 13.2. The van der Waals surface area contributed by atoms with Crippen LogP contribution in [-0.4, -0.2) is 26.0 Å². The first kappa shape index (κ1) is 16.7. The molecule has 2 aromatic carbocycles. The summed E-state index contributed by atoms with van der Waals surface area (Å²) in [7, 11) is 0. The third-order valence-corrected chi connectivity index (χ3v) is 5.23. The van der Waals surface area contributed by atoms with Gasteiger partial charge in [0.15, 0.2) is 0 Å². The number of benzene rings is 2. The molecule has 2 aromatic heterocycles. The minimum absolute atomic E-state index is 0.276. The average Bonchev–Trinajstić information content (AvgIpc) is 3.32. The van der Waals surface area contributed by atoms with Gasteiger partial charge in [-0.25, -0.2) is 9.37 Å². The van der Waals surface area contributed by atoms with Crippen molar-refractivity contribution in [3.63, 3.8) is 0 Å². The quantitative estimate of drug-likeness (QED) is 0.438. The second kappa shape index (κ2) is 6.31. The lowest BCUT2D eigenvalue weighted by Crippen LogP contribution is -2.38. The van der Waals surface area contributed by atoms with E-state index in [4.69, 9.17) is 0 Å². The molecule has 0 amide bonds. The van der Waals surface area contributed by atoms with Crippen LogP contribution in [0.2, 0.25) is 0 Å². The Balaban J connectivity index is 1.53. The van der Waals surface area contributed by atoms with E-state index in [1.54, 1.807) is 18.3 Å². The average molecular weight is 376 g/mol. The van der Waals surface area contributed by atoms with Gasteiger partial charge in [0.25, 0.3) is 0 Å². The molecular formula is C21H17FN4O2. The summed E-state index contributed by atoms with van der Waals surface area (Å²) in [4.78, 5) is 22.9. The number of nitrogens with one attached hydrogen (secondary N) is 3. The Bertz CT molecular complexity index is 1180. The van der Waals surface area contributed by atoms with Gasteiger partial charge in [0.1, 0.15) is 17.7 Å². The number of carboxylic acids is 1. The fourth-order valence-corrected chi connectivity index (χ4v) is 3.89. The summed E-state index contributed by atoms with van der Waals surface area (Å²) in [5.74, 6) is -0.589. The Morgan fingerprint density at radius 1 is 1.14 bits per heavy atom. The zero-order valence-corrected chi connectivity index (χ0v) is 14.7. The van der Waals surface area contributed by atoms with E-state index < -0.39 is 12.0 Å². The van der Waals surface area contributed by atoms with E-state index in [1.807, 2.05) is 24.3 Å². The van der Waals surface area contributed by atoms with Crippen LogP contribution in [0.25, 0.3) is 22.2 Å². The topological polar surface area (TPSA) is 93.8 Å². The number of carbonyl (C=O) groups is 1. The molecule has 0 bridgehead atoms. The summed E-state index contributed by atoms with van der Waals surface area (Å²) in [5.41, 5.74) is 4.09. The molecule has 6 nitrogen and oxygen atoms in total. The van der Waals surface area contributed by atoms with Crippen molar-refractivity contribution < 1.29 is 14.3 Å². The first-order chi connectivity index (χ1) is 13.6. The number of H-pyrrole nitrogens is 2. The normalized spacial score (nSPS) is 18.9. The van der Waals surface area contributed by atoms with Crippen LogP contribution in [0.3, 0.4) is 0 Å². The van der Waals surface area contributed by atoms with E-state index >= 15 is 0 Å². The maximum Gasteiger partial charge on any atom is 0.326 e. The molecule has 1 aliphatic heterocycles. The molecular weight excluding hydrogens is 359 g/mol. The number of nitrogens with zero attached hydrogens (tertiary/aromatic N) is 1. The van der Waals surface area contributed by atoms with E-state index in [0.29, 0.717) is 23.6 Å². The number of imidazole rings is 1. The fraction of sp³-hybridized carbons (Fsp3) is 0.143. The standard InChI is InChI=1S/C21H17FN4O2/c22-12-7-5-11(6-8-12)17-10-23-20(26-17)16-9-14-13-3-1-2-4-15(13)24-18(14)19(25-16)21(27)28/h1-8,10,16,19,24-25H,9H2,(H,23,26)(H,27,28)/t16-,19?/m1/s1. The van der Waals surface area contributed by atoms with Crippen molar-refractivity contribution in [1.82, 2.24) is 20.3 Å². The van der Waals surface area contributed by atoms with Crippen molar-refractivity contribution in [2.24, 2.45) is 0 Å². The molecule has 0 fully saturated rings. The molecule has 0 aliphatic carbocycles. The highest BCUT2D eigenvalue weighted by Crippen LogP contribution is 2.36. The van der Waals surface area contributed by atoms with Crippen LogP contribution in [0.5, 0.6) is 0 Å². The molecule has 28 heavy (non-hydrogen) atoms. The van der Waals surface area contributed by atoms with Gasteiger partial charge in [0.05, 0.1) is 11.7 Å². The van der Waals surface area contributed by atoms with Gasteiger partial charge >= 0.3 is 5.97 Å². The lowest BCUT2D eigenvalue weighted by atomic mass is 9.93. The van der Waals surface area contributed by atoms with Crippen LogP contribution in [0.4, 0.5) is 4.39 Å². The molecule has 4 aromatic rings. The van der Waals surface area contributed by atoms with Gasteiger partial charge in [-0.05, 0) is 42.3 Å². The summed E-state index contributed by atoms with van der Waals surface area (Å²) >= 11 is 0. The number of carboxylic acid groups (broad SMARTS) is 1. The summed E-state index contributed by atoms with van der Waals surface area (Å²) in [6.07, 6.45) is 2.37. The Morgan fingerprint density at radius 2 is 1.93 bits per heavy atom. The molecule has 0 saturated heterocycles. The van der Waals surface area contributed by atoms with E-state index in [1.165, 1.54) is 12.1 Å². The van der Waals surface area contributed by atoms with Crippen LogP contribution >= 0.6 is 0 Å². The SMILES string of the molecule is O=C(O)C1N[C@@H](c2nc(-c3ccc(F)cc3)c[nH]2)Cc2c1[nH]c1ccccc21. The Morgan fingerprint density at radius 3 is 2.71 bits per heavy atom. The third kappa shape index (κ3) is 2.68. The largest absolute Gasteiger partial charge is 0.480 e. The minimum atomic E-state index is -0.942. The zero-order chi connectivity index (χ0) is 19.3. The number of fused-ring (bicyclic) bond motifs is 3. The molecule has 7 heteroatoms. The van der Waals surface area contributed by atoms with Crippen molar-refractivity contribution in [1.29, 1.82) is 0 Å². The number of para-hydroxylation sites is 1. The van der Waals surface area contributed by atoms with Crippen molar-refractivity contribution in [3.8, 4) is 11.3 Å². The van der Waals surface area contributed by atoms with Gasteiger partial charge in [-0.2, -0.15) is 0 Å². The van der Waals surface area contributed by atoms with E-state index in [2.05, 4.69) is 20.3 Å². The van der Waals surface area contributed by atoms with Gasteiger partial charge in [-0.1, -0.05) is 18.2 Å². The van der Waals surface area contributed by atoms with Gasteiger partial charge in [-0.15, -0.1) is 0 Å². The molecule has 0 saturated carbocycles. The molecule has 1 aliphatic rings. The number of hydrogen-bond acceptors (Lipinski definition) is 3. The predicted octanol–water partition coefficient (Wildman–Crippen LogP) is 3.71. The number of halogens is 1. The Hall–Kier alpha value is -3.45. The summed E-state index contributed by atoms with van der Waals surface area (Å²) < 4.78 is 13.2. The van der Waals surface area contributed by atoms with Gasteiger partial charge in [0.2, 0.25) is 0 Å². The lowest BCUT2D eigenvalue weighted by Gasteiger charge is -2.27. The Labute approximate surface area is 159 Å². The van der Waals surface area contributed by atoms with Gasteiger partial charge < -0.3 is 15.1 Å². The third-order valence-electron chi connectivity index (χ3n) is 5.23. The van der Waals surface area contributed by atoms with E-state index in [-0.39, 0.29) is 11.9 Å². The second-order valence-electron chi connectivity index (χ2n) is 6.94. The molecule has 140 valence electrons. The van der Waals surface area contributed by atoms with Crippen LogP contribution < -0.4 is 5.32 Å². The van der Waals surface area contributed by atoms with Crippen molar-refractivity contribution >= 4 is 16.9 Å². The van der Waals surface area contributed by atoms with Crippen molar-refractivity contribution in [2.45, 2.75) is 18.5 Å². The van der Waals surface area contributed by atoms with Crippen molar-refractivity contribution in [3.05, 3.63) is 77.6 Å². The number of hydrogen-bond donors (Lipinski definition) is 4. The second-order valence-corrected chi connectivity index (χ2v) is 6.94. The first-order valence-electron chi connectivity index (χ1n) is 9.00. The van der Waals surface area contributed by atoms with Crippen molar-refractivity contribution in [2.75, 3.05) is 0 Å². The number of rotatable bonds is 3. The van der Waals surface area contributed by atoms with Crippen LogP contribution in [-0.2, 0) is 11.2 Å². The first-order valence-corrected chi connectivity index (χ1v) is 9.00. The number of aromatic nitrogens is 3. The number of aromatic amines is 2. The van der Waals surface area contributed by atoms with Crippen LogP contribution in [0.15, 0.2) is 54.7 Å². The monoisotopic (exact) mass is 376 g/mol. The van der Waals surface area contributed by atoms with Gasteiger partial charge in [-0.3, -0.25) is 10.1 Å². The minimum Gasteiger partial charge on any atom is -0.480 e. The summed E-state index contributed by atoms with van der Waals surface area (Å²) in [5, 5.41) is 13.9. The molecule has 4 N–H and O–H groups in total. The highest BCUT2D eigenvalue weighted by molar-refractivity contribution is 5.88. The summed E-state index contributed by atoms with van der Waals surface area (Å²) in [6.45, 7) is 0. The van der Waals surface area contributed by atoms with Crippen LogP contribution in [0.1, 0.15) is 29.2 Å². The highest BCUT2D eigenvalue weighted by atomic mass is 19.1. The van der Waals surface area contributed by atoms with E-state index in [0.717, 1.165) is 22.0 Å². The van der Waals surface area contributed by atoms with E-state index in [9.17, 15) is 14.3 Å². The van der Waals surface area contributed by atoms with Gasteiger partial charge in [0, 0.05) is 28.4 Å². The predicted molar refractivity (Wildman–Crippen MR) is 102 cm³/mol. The lowest BCUT2D eigenvalue weighted by molar-refractivity contribution is -0.140. The Kier molecular flexibility index (Phi) is 3.77. The molecule has 0 radical (unpaired) electrons. The molecule has 2 atom stereocenters. The zero-order valence-electron chi connectivity index (χ0n) is 14.7. The molecule has 1 unspecified atom stereocenters. The maximum absolute atomic E-state index is 13.2. The summed E-state index contributed by atoms with van der Waals surface area (Å²) in [6, 6.07) is 12.8. The smallest absolute Gasteiger partial charge is 0.326 e. The molecule has 5 rings (SSSR count). The fourth-order valence-electron chi connectivity index (χ4n) is 3.89.